The number of aromatic amines is 1. The molecule has 3 heteroatoms. The van der Waals surface area contributed by atoms with E-state index in [-0.39, 0.29) is 11.8 Å². The first kappa shape index (κ1) is 11.1. The minimum Gasteiger partial charge on any atom is -0.352 e. The van der Waals surface area contributed by atoms with Crippen LogP contribution in [-0.2, 0) is 11.3 Å². The molecule has 0 unspecified atom stereocenters. The number of amides is 1. The van der Waals surface area contributed by atoms with Gasteiger partial charge >= 0.3 is 0 Å². The Morgan fingerprint density at radius 3 is 2.88 bits per heavy atom. The summed E-state index contributed by atoms with van der Waals surface area (Å²) < 4.78 is 0. The van der Waals surface area contributed by atoms with Crippen molar-refractivity contribution in [3.05, 3.63) is 30.1 Å². The Morgan fingerprint density at radius 1 is 1.38 bits per heavy atom. The molecule has 2 N–H and O–H groups in total. The summed E-state index contributed by atoms with van der Waals surface area (Å²) in [6.45, 7) is 0.632. The van der Waals surface area contributed by atoms with Crippen LogP contribution in [0.1, 0.15) is 37.7 Å². The molecule has 1 fully saturated rings. The van der Waals surface area contributed by atoms with E-state index in [4.69, 9.17) is 0 Å². The minimum atomic E-state index is 0.226. The van der Waals surface area contributed by atoms with Crippen LogP contribution >= 0.6 is 0 Å². The molecule has 0 spiro atoms. The van der Waals surface area contributed by atoms with Crippen LogP contribution in [0.15, 0.2) is 24.5 Å². The lowest BCUT2D eigenvalue weighted by Gasteiger charge is -2.20. The first-order chi connectivity index (χ1) is 7.86. The Balaban J connectivity index is 1.79. The lowest BCUT2D eigenvalue weighted by molar-refractivity contribution is -0.378. The highest BCUT2D eigenvalue weighted by molar-refractivity contribution is 5.78. The van der Waals surface area contributed by atoms with Crippen molar-refractivity contribution in [3.63, 3.8) is 0 Å². The molecule has 0 saturated heterocycles. The predicted octanol–water partition coefficient (Wildman–Crippen LogP) is 1.70. The van der Waals surface area contributed by atoms with Gasteiger partial charge in [0.25, 0.3) is 0 Å². The van der Waals surface area contributed by atoms with Crippen LogP contribution in [-0.4, -0.2) is 5.91 Å². The Bertz CT molecular complexity index is 331. The molecule has 86 valence electrons. The standard InChI is InChI=1S/C13H18N2O/c16-13(12-6-2-1-3-7-12)15-10-11-5-4-8-14-9-11/h4-5,8-9,12H,1-3,6-7,10H2,(H,15,16)/p+1. The molecule has 1 amide bonds. The third-order valence-corrected chi connectivity index (χ3v) is 3.21. The summed E-state index contributed by atoms with van der Waals surface area (Å²) in [6, 6.07) is 3.96. The molecule has 0 aliphatic heterocycles. The van der Waals surface area contributed by atoms with Crippen LogP contribution in [0, 0.1) is 5.92 Å². The van der Waals surface area contributed by atoms with Gasteiger partial charge in [-0.1, -0.05) is 19.3 Å². The summed E-state index contributed by atoms with van der Waals surface area (Å²) in [7, 11) is 0. The smallest absolute Gasteiger partial charge is 0.223 e. The van der Waals surface area contributed by atoms with Gasteiger partial charge in [-0.05, 0) is 18.9 Å². The van der Waals surface area contributed by atoms with Crippen LogP contribution in [0.5, 0.6) is 0 Å². The van der Waals surface area contributed by atoms with E-state index in [0.717, 1.165) is 18.4 Å². The Kier molecular flexibility index (Phi) is 3.91. The van der Waals surface area contributed by atoms with Gasteiger partial charge in [0.15, 0.2) is 12.4 Å². The summed E-state index contributed by atoms with van der Waals surface area (Å²) in [5, 5.41) is 3.01. The number of hydrogen-bond donors (Lipinski definition) is 1. The second-order valence-electron chi connectivity index (χ2n) is 4.46. The summed E-state index contributed by atoms with van der Waals surface area (Å²) in [4.78, 5) is 14.9. The summed E-state index contributed by atoms with van der Waals surface area (Å²) in [5.41, 5.74) is 1.12. The van der Waals surface area contributed by atoms with Crippen LogP contribution in [0.2, 0.25) is 0 Å². The van der Waals surface area contributed by atoms with E-state index >= 15 is 0 Å². The Hall–Kier alpha value is -1.38. The van der Waals surface area contributed by atoms with Gasteiger partial charge in [0.2, 0.25) is 5.91 Å². The lowest BCUT2D eigenvalue weighted by Crippen LogP contribution is -2.31. The Morgan fingerprint density at radius 2 is 2.19 bits per heavy atom. The highest BCUT2D eigenvalue weighted by Gasteiger charge is 2.20. The van der Waals surface area contributed by atoms with Crippen molar-refractivity contribution in [2.75, 3.05) is 0 Å². The molecule has 0 bridgehead atoms. The van der Waals surface area contributed by atoms with Crippen LogP contribution in [0.4, 0.5) is 0 Å². The van der Waals surface area contributed by atoms with Crippen molar-refractivity contribution < 1.29 is 9.78 Å². The summed E-state index contributed by atoms with van der Waals surface area (Å²) in [6.07, 6.45) is 9.61. The van der Waals surface area contributed by atoms with Crippen LogP contribution in [0.3, 0.4) is 0 Å². The lowest BCUT2D eigenvalue weighted by atomic mass is 9.88. The molecule has 2 rings (SSSR count). The summed E-state index contributed by atoms with van der Waals surface area (Å²) >= 11 is 0. The molecular weight excluding hydrogens is 200 g/mol. The van der Waals surface area contributed by atoms with E-state index < -0.39 is 0 Å². The fraction of sp³-hybridized carbons (Fsp3) is 0.538. The van der Waals surface area contributed by atoms with Crippen molar-refractivity contribution in [1.29, 1.82) is 0 Å². The first-order valence-corrected chi connectivity index (χ1v) is 6.09. The second kappa shape index (κ2) is 5.64. The quantitative estimate of drug-likeness (QED) is 0.826. The third-order valence-electron chi connectivity index (χ3n) is 3.21. The fourth-order valence-corrected chi connectivity index (χ4v) is 2.24. The molecule has 1 aliphatic carbocycles. The molecule has 1 saturated carbocycles. The van der Waals surface area contributed by atoms with Gasteiger partial charge in [-0.25, -0.2) is 4.98 Å². The molecule has 0 atom stereocenters. The van der Waals surface area contributed by atoms with Crippen molar-refractivity contribution in [2.45, 2.75) is 38.6 Å². The van der Waals surface area contributed by atoms with Gasteiger partial charge in [-0.15, -0.1) is 0 Å². The number of aromatic nitrogens is 1. The minimum absolute atomic E-state index is 0.226. The largest absolute Gasteiger partial charge is 0.352 e. The van der Waals surface area contributed by atoms with E-state index in [1.807, 2.05) is 24.5 Å². The number of rotatable bonds is 3. The van der Waals surface area contributed by atoms with Gasteiger partial charge in [0, 0.05) is 24.1 Å². The maximum atomic E-state index is 11.9. The molecule has 16 heavy (non-hydrogen) atoms. The molecule has 0 aromatic carbocycles. The van der Waals surface area contributed by atoms with Gasteiger partial charge < -0.3 is 5.32 Å². The highest BCUT2D eigenvalue weighted by atomic mass is 16.1. The van der Waals surface area contributed by atoms with E-state index in [1.54, 1.807) is 0 Å². The van der Waals surface area contributed by atoms with Crippen LogP contribution < -0.4 is 10.3 Å². The van der Waals surface area contributed by atoms with Crippen molar-refractivity contribution >= 4 is 5.91 Å². The number of nitrogens with one attached hydrogen (secondary N) is 2. The molecule has 1 aromatic rings. The normalized spacial score (nSPS) is 17.0. The number of pyridine rings is 1. The molecular formula is C13H19N2O+. The zero-order chi connectivity index (χ0) is 11.2. The van der Waals surface area contributed by atoms with E-state index in [9.17, 15) is 4.79 Å². The van der Waals surface area contributed by atoms with E-state index in [1.165, 1.54) is 19.3 Å². The zero-order valence-corrected chi connectivity index (χ0v) is 9.54. The van der Waals surface area contributed by atoms with Gasteiger partial charge in [-0.2, -0.15) is 0 Å². The van der Waals surface area contributed by atoms with Gasteiger partial charge in [0.1, 0.15) is 0 Å². The summed E-state index contributed by atoms with van der Waals surface area (Å²) in [5.74, 6) is 0.477. The molecule has 0 radical (unpaired) electrons. The Labute approximate surface area is 96.3 Å². The molecule has 1 aliphatic rings. The zero-order valence-electron chi connectivity index (χ0n) is 9.54. The number of carbonyl (C=O) groups is 1. The molecule has 1 aromatic heterocycles. The molecule has 1 heterocycles. The van der Waals surface area contributed by atoms with E-state index in [0.29, 0.717) is 6.54 Å². The third kappa shape index (κ3) is 3.05. The average Bonchev–Trinajstić information content (AvgIpc) is 2.38. The monoisotopic (exact) mass is 219 g/mol. The van der Waals surface area contributed by atoms with Gasteiger partial charge in [0.05, 0.1) is 0 Å². The highest BCUT2D eigenvalue weighted by Crippen LogP contribution is 2.23. The van der Waals surface area contributed by atoms with Crippen LogP contribution in [0.25, 0.3) is 0 Å². The van der Waals surface area contributed by atoms with Crippen molar-refractivity contribution in [3.8, 4) is 0 Å². The maximum Gasteiger partial charge on any atom is 0.223 e. The maximum absolute atomic E-state index is 11.9. The number of hydrogen-bond acceptors (Lipinski definition) is 1. The SMILES string of the molecule is O=C(NCc1ccc[nH+]c1)C1CCCCC1. The first-order valence-electron chi connectivity index (χ1n) is 6.09. The number of carbonyl (C=O) groups excluding carboxylic acids is 1. The number of H-pyrrole nitrogens is 1. The van der Waals surface area contributed by atoms with E-state index in [2.05, 4.69) is 10.3 Å². The topological polar surface area (TPSA) is 43.2 Å². The predicted molar refractivity (Wildman–Crippen MR) is 61.4 cm³/mol. The van der Waals surface area contributed by atoms with Gasteiger partial charge in [-0.3, -0.25) is 4.79 Å². The second-order valence-corrected chi connectivity index (χ2v) is 4.46. The van der Waals surface area contributed by atoms with Crippen molar-refractivity contribution in [1.82, 2.24) is 5.32 Å². The molecule has 3 nitrogen and oxygen atoms in total. The fourth-order valence-electron chi connectivity index (χ4n) is 2.24. The average molecular weight is 219 g/mol. The van der Waals surface area contributed by atoms with Crippen molar-refractivity contribution in [2.24, 2.45) is 5.92 Å².